The lowest BCUT2D eigenvalue weighted by molar-refractivity contribution is 0.0903. The van der Waals surface area contributed by atoms with E-state index < -0.39 is 0 Å². The SMILES string of the molecule is c1ccc(CCc2nnc3cc(-c4ccnc(NC5CCOCC5)n4)ccn23)nc1. The molecule has 1 N–H and O–H groups in total. The van der Waals surface area contributed by atoms with Gasteiger partial charge in [0.1, 0.15) is 5.82 Å². The highest BCUT2D eigenvalue weighted by atomic mass is 16.5. The van der Waals surface area contributed by atoms with E-state index in [1.165, 1.54) is 0 Å². The van der Waals surface area contributed by atoms with Crippen LogP contribution in [0.3, 0.4) is 0 Å². The Bertz CT molecular complexity index is 1120. The van der Waals surface area contributed by atoms with Crippen LogP contribution in [0, 0.1) is 0 Å². The average molecular weight is 401 g/mol. The quantitative estimate of drug-likeness (QED) is 0.531. The molecule has 8 heteroatoms. The van der Waals surface area contributed by atoms with Crippen molar-refractivity contribution < 1.29 is 4.74 Å². The molecular weight excluding hydrogens is 378 g/mol. The average Bonchev–Trinajstić information content (AvgIpc) is 3.21. The minimum Gasteiger partial charge on any atom is -0.381 e. The molecule has 1 aliphatic rings. The van der Waals surface area contributed by atoms with Gasteiger partial charge in [-0.25, -0.2) is 9.97 Å². The fourth-order valence-electron chi connectivity index (χ4n) is 3.67. The first-order chi connectivity index (χ1) is 14.8. The number of fused-ring (bicyclic) bond motifs is 1. The molecule has 4 aromatic heterocycles. The standard InChI is InChI=1S/C22H23N7O/c1-2-10-23-17(3-1)4-5-20-27-28-21-15-16(7-12-29(20)21)19-6-11-24-22(26-19)25-18-8-13-30-14-9-18/h1-3,6-7,10-12,15,18H,4-5,8-9,13-14H2,(H,24,25,26). The van der Waals surface area contributed by atoms with Crippen LogP contribution in [0.1, 0.15) is 24.4 Å². The molecule has 5 heterocycles. The van der Waals surface area contributed by atoms with Crippen molar-refractivity contribution in [2.45, 2.75) is 31.7 Å². The van der Waals surface area contributed by atoms with Gasteiger partial charge < -0.3 is 10.1 Å². The Kier molecular flexibility index (Phi) is 5.30. The Morgan fingerprint density at radius 2 is 1.93 bits per heavy atom. The number of aryl methyl sites for hydroxylation is 2. The van der Waals surface area contributed by atoms with Crippen LogP contribution in [0.25, 0.3) is 16.9 Å². The summed E-state index contributed by atoms with van der Waals surface area (Å²) in [6, 6.07) is 12.3. The molecule has 0 radical (unpaired) electrons. The number of nitrogens with zero attached hydrogens (tertiary/aromatic N) is 6. The first-order valence-corrected chi connectivity index (χ1v) is 10.3. The van der Waals surface area contributed by atoms with Crippen molar-refractivity contribution in [3.63, 3.8) is 0 Å². The van der Waals surface area contributed by atoms with Crippen molar-refractivity contribution in [2.75, 3.05) is 18.5 Å². The maximum atomic E-state index is 5.42. The van der Waals surface area contributed by atoms with E-state index in [-0.39, 0.29) is 0 Å². The van der Waals surface area contributed by atoms with Gasteiger partial charge in [-0.05, 0) is 49.6 Å². The van der Waals surface area contributed by atoms with Gasteiger partial charge in [0.15, 0.2) is 5.65 Å². The second-order valence-electron chi connectivity index (χ2n) is 7.38. The monoisotopic (exact) mass is 401 g/mol. The first kappa shape index (κ1) is 18.6. The van der Waals surface area contributed by atoms with E-state index >= 15 is 0 Å². The third kappa shape index (κ3) is 4.13. The number of anilines is 1. The summed E-state index contributed by atoms with van der Waals surface area (Å²) in [4.78, 5) is 13.5. The van der Waals surface area contributed by atoms with Crippen molar-refractivity contribution in [3.05, 3.63) is 66.5 Å². The fraction of sp³-hybridized carbons (Fsp3) is 0.318. The number of nitrogens with one attached hydrogen (secondary N) is 1. The second kappa shape index (κ2) is 8.54. The van der Waals surface area contributed by atoms with Crippen molar-refractivity contribution in [2.24, 2.45) is 0 Å². The van der Waals surface area contributed by atoms with Crippen LogP contribution in [0.4, 0.5) is 5.95 Å². The van der Waals surface area contributed by atoms with Crippen LogP contribution >= 0.6 is 0 Å². The van der Waals surface area contributed by atoms with Gasteiger partial charge in [-0.2, -0.15) is 0 Å². The highest BCUT2D eigenvalue weighted by molar-refractivity contribution is 5.64. The van der Waals surface area contributed by atoms with Crippen LogP contribution in [0.15, 0.2) is 55.0 Å². The summed E-state index contributed by atoms with van der Waals surface area (Å²) < 4.78 is 7.44. The minimum atomic E-state index is 0.356. The van der Waals surface area contributed by atoms with Gasteiger partial charge in [0.05, 0.1) is 5.69 Å². The van der Waals surface area contributed by atoms with E-state index in [2.05, 4.69) is 25.5 Å². The molecule has 0 saturated carbocycles. The molecule has 0 aliphatic carbocycles. The molecule has 1 saturated heterocycles. The normalized spacial score (nSPS) is 14.8. The van der Waals surface area contributed by atoms with E-state index in [1.807, 2.05) is 53.2 Å². The largest absolute Gasteiger partial charge is 0.381 e. The maximum absolute atomic E-state index is 5.42. The number of ether oxygens (including phenoxy) is 1. The lowest BCUT2D eigenvalue weighted by Gasteiger charge is -2.23. The number of hydrogen-bond acceptors (Lipinski definition) is 7. The van der Waals surface area contributed by atoms with Crippen LogP contribution in [-0.2, 0) is 17.6 Å². The number of hydrogen-bond donors (Lipinski definition) is 1. The molecule has 5 rings (SSSR count). The highest BCUT2D eigenvalue weighted by Gasteiger charge is 2.15. The second-order valence-corrected chi connectivity index (χ2v) is 7.38. The van der Waals surface area contributed by atoms with Crippen LogP contribution in [0.2, 0.25) is 0 Å². The zero-order chi connectivity index (χ0) is 20.2. The molecule has 8 nitrogen and oxygen atoms in total. The smallest absolute Gasteiger partial charge is 0.223 e. The third-order valence-electron chi connectivity index (χ3n) is 5.32. The summed E-state index contributed by atoms with van der Waals surface area (Å²) >= 11 is 0. The molecule has 0 spiro atoms. The van der Waals surface area contributed by atoms with Gasteiger partial charge in [-0.3, -0.25) is 9.38 Å². The number of pyridine rings is 2. The molecule has 0 unspecified atom stereocenters. The summed E-state index contributed by atoms with van der Waals surface area (Å²) in [5, 5.41) is 12.1. The van der Waals surface area contributed by atoms with Gasteiger partial charge in [0.2, 0.25) is 5.95 Å². The third-order valence-corrected chi connectivity index (χ3v) is 5.32. The van der Waals surface area contributed by atoms with Gasteiger partial charge in [-0.1, -0.05) is 6.07 Å². The van der Waals surface area contributed by atoms with Crippen molar-refractivity contribution in [1.82, 2.24) is 29.5 Å². The van der Waals surface area contributed by atoms with E-state index in [9.17, 15) is 0 Å². The van der Waals surface area contributed by atoms with E-state index in [4.69, 9.17) is 9.72 Å². The highest BCUT2D eigenvalue weighted by Crippen LogP contribution is 2.21. The first-order valence-electron chi connectivity index (χ1n) is 10.3. The lowest BCUT2D eigenvalue weighted by atomic mass is 10.1. The Labute approximate surface area is 174 Å². The zero-order valence-corrected chi connectivity index (χ0v) is 16.6. The van der Waals surface area contributed by atoms with E-state index in [0.29, 0.717) is 12.0 Å². The van der Waals surface area contributed by atoms with Crippen molar-refractivity contribution in [3.8, 4) is 11.3 Å². The Hall–Kier alpha value is -3.39. The molecule has 1 fully saturated rings. The Morgan fingerprint density at radius 1 is 1.00 bits per heavy atom. The molecule has 152 valence electrons. The summed E-state index contributed by atoms with van der Waals surface area (Å²) in [5.41, 5.74) is 3.71. The lowest BCUT2D eigenvalue weighted by Crippen LogP contribution is -2.28. The Morgan fingerprint density at radius 3 is 2.80 bits per heavy atom. The predicted octanol–water partition coefficient (Wildman–Crippen LogP) is 2.96. The number of rotatable bonds is 6. The van der Waals surface area contributed by atoms with Crippen LogP contribution in [0.5, 0.6) is 0 Å². The maximum Gasteiger partial charge on any atom is 0.223 e. The van der Waals surface area contributed by atoms with Gasteiger partial charge in [0.25, 0.3) is 0 Å². The van der Waals surface area contributed by atoms with Crippen molar-refractivity contribution in [1.29, 1.82) is 0 Å². The van der Waals surface area contributed by atoms with Crippen LogP contribution < -0.4 is 5.32 Å². The molecule has 0 aromatic carbocycles. The predicted molar refractivity (Wildman–Crippen MR) is 113 cm³/mol. The van der Waals surface area contributed by atoms with E-state index in [0.717, 1.165) is 67.3 Å². The number of aromatic nitrogens is 6. The molecular formula is C22H23N7O. The molecule has 30 heavy (non-hydrogen) atoms. The summed E-state index contributed by atoms with van der Waals surface area (Å²) in [6.45, 7) is 1.56. The molecule has 0 amide bonds. The molecule has 0 atom stereocenters. The Balaban J connectivity index is 1.33. The summed E-state index contributed by atoms with van der Waals surface area (Å²) in [7, 11) is 0. The van der Waals surface area contributed by atoms with Gasteiger partial charge >= 0.3 is 0 Å². The molecule has 1 aliphatic heterocycles. The molecule has 0 bridgehead atoms. The van der Waals surface area contributed by atoms with E-state index in [1.54, 1.807) is 6.20 Å². The van der Waals surface area contributed by atoms with Crippen molar-refractivity contribution >= 4 is 11.6 Å². The van der Waals surface area contributed by atoms with Crippen LogP contribution in [-0.4, -0.2) is 48.8 Å². The zero-order valence-electron chi connectivity index (χ0n) is 16.6. The van der Waals surface area contributed by atoms with Gasteiger partial charge in [0, 0.05) is 55.5 Å². The molecule has 4 aromatic rings. The summed E-state index contributed by atoms with van der Waals surface area (Å²) in [6.07, 6.45) is 9.17. The fourth-order valence-corrected chi connectivity index (χ4v) is 3.67. The summed E-state index contributed by atoms with van der Waals surface area (Å²) in [5.74, 6) is 1.57. The topological polar surface area (TPSA) is 90.1 Å². The van der Waals surface area contributed by atoms with Gasteiger partial charge in [-0.15, -0.1) is 10.2 Å². The minimum absolute atomic E-state index is 0.356.